The van der Waals surface area contributed by atoms with Gasteiger partial charge in [-0.3, -0.25) is 9.13 Å². The molecular weight excluding hydrogens is 973 g/mol. The molecule has 11 aromatic carbocycles. The van der Waals surface area contributed by atoms with Gasteiger partial charge in [0.2, 0.25) is 0 Å². The maximum Gasteiger partial charge on any atom is 0.146 e. The SMILES string of the molecule is c1ccc(-n2c3ccccc3c3c(-c4cccc5c4c4ccccc4n5-c4ccc5ccccc5c4)ccnc32)cc1.c1ccc(-n2c3ccccc3c3c(-c4ccnc5c4c4ccccc4n5-c4ccccc4)cccc32)cc1. The second kappa shape index (κ2) is 18.4. The number of para-hydroxylation sites is 7. The van der Waals surface area contributed by atoms with Gasteiger partial charge in [0.05, 0.1) is 33.1 Å². The lowest BCUT2D eigenvalue weighted by atomic mass is 9.97. The van der Waals surface area contributed by atoms with E-state index in [-0.39, 0.29) is 0 Å². The maximum absolute atomic E-state index is 4.96. The van der Waals surface area contributed by atoms with E-state index in [1.54, 1.807) is 0 Å². The highest BCUT2D eigenvalue weighted by molar-refractivity contribution is 6.23. The molecule has 80 heavy (non-hydrogen) atoms. The van der Waals surface area contributed by atoms with Crippen LogP contribution in [0.2, 0.25) is 0 Å². The Morgan fingerprint density at radius 1 is 0.212 bits per heavy atom. The van der Waals surface area contributed by atoms with Crippen molar-refractivity contribution in [2.45, 2.75) is 0 Å². The first-order valence-corrected chi connectivity index (χ1v) is 27.2. The molecular formula is C74H48N6. The Morgan fingerprint density at radius 3 is 1.01 bits per heavy atom. The van der Waals surface area contributed by atoms with Crippen LogP contribution in [0.4, 0.5) is 0 Å². The fourth-order valence-corrected chi connectivity index (χ4v) is 12.8. The van der Waals surface area contributed by atoms with Gasteiger partial charge in [-0.05, 0) is 130 Å². The molecule has 0 amide bonds. The molecule has 0 radical (unpaired) electrons. The van der Waals surface area contributed by atoms with Crippen LogP contribution in [0.25, 0.3) is 143 Å². The van der Waals surface area contributed by atoms with E-state index in [9.17, 15) is 0 Å². The third-order valence-electron chi connectivity index (χ3n) is 16.1. The Hall–Kier alpha value is -10.8. The van der Waals surface area contributed by atoms with Crippen LogP contribution in [0, 0.1) is 0 Å². The Labute approximate surface area is 460 Å². The minimum Gasteiger partial charge on any atom is -0.309 e. The molecule has 374 valence electrons. The van der Waals surface area contributed by atoms with Crippen molar-refractivity contribution in [1.29, 1.82) is 0 Å². The van der Waals surface area contributed by atoms with E-state index in [1.807, 2.05) is 12.4 Å². The average Bonchev–Trinajstić information content (AvgIpc) is 4.40. The minimum absolute atomic E-state index is 0.968. The summed E-state index contributed by atoms with van der Waals surface area (Å²) in [6, 6.07) is 99.5. The highest BCUT2D eigenvalue weighted by Gasteiger charge is 2.23. The summed E-state index contributed by atoms with van der Waals surface area (Å²) in [4.78, 5) is 9.90. The number of pyridine rings is 2. The molecule has 6 heteroatoms. The lowest BCUT2D eigenvalue weighted by molar-refractivity contribution is 1.14. The average molecular weight is 1020 g/mol. The highest BCUT2D eigenvalue weighted by atomic mass is 15.1. The molecule has 6 heterocycles. The largest absolute Gasteiger partial charge is 0.309 e. The molecule has 0 spiro atoms. The Balaban J connectivity index is 0.000000133. The summed E-state index contributed by atoms with van der Waals surface area (Å²) in [5, 5.41) is 12.3. The second-order valence-corrected chi connectivity index (χ2v) is 20.5. The third kappa shape index (κ3) is 6.99. The molecule has 0 saturated carbocycles. The van der Waals surface area contributed by atoms with Gasteiger partial charge in [0.15, 0.2) is 0 Å². The number of nitrogens with zero attached hydrogens (tertiary/aromatic N) is 6. The first-order chi connectivity index (χ1) is 39.8. The van der Waals surface area contributed by atoms with Gasteiger partial charge >= 0.3 is 0 Å². The number of hydrogen-bond donors (Lipinski definition) is 0. The normalized spacial score (nSPS) is 11.8. The Morgan fingerprint density at radius 2 is 0.550 bits per heavy atom. The summed E-state index contributed by atoms with van der Waals surface area (Å²) in [6.07, 6.45) is 3.91. The quantitative estimate of drug-likeness (QED) is 0.167. The number of hydrogen-bond acceptors (Lipinski definition) is 2. The zero-order valence-corrected chi connectivity index (χ0v) is 43.4. The predicted octanol–water partition coefficient (Wildman–Crippen LogP) is 19.0. The smallest absolute Gasteiger partial charge is 0.146 e. The molecule has 0 aliphatic carbocycles. The monoisotopic (exact) mass is 1020 g/mol. The minimum atomic E-state index is 0.968. The van der Waals surface area contributed by atoms with Crippen LogP contribution < -0.4 is 0 Å². The van der Waals surface area contributed by atoms with Crippen LogP contribution in [0.1, 0.15) is 0 Å². The standard InChI is InChI=1S/C39H25N3.C35H23N3/c1-2-13-28(14-3-1)42-35-19-9-7-16-33(35)38-31(23-24-40-39(38)42)30-17-10-20-36-37(30)32-15-6-8-18-34(32)41(36)29-22-21-26-11-4-5-12-27(26)25-29;1-3-12-24(13-4-1)37-30-19-9-7-16-28(30)33-26(18-11-21-32(33)37)27-22-23-36-35-34(27)29-17-8-10-20-31(29)38(35)25-14-5-2-6-15-25/h1-25H;1-23H. The van der Waals surface area contributed by atoms with Gasteiger partial charge in [-0.1, -0.05) is 182 Å². The van der Waals surface area contributed by atoms with Crippen LogP contribution in [-0.2, 0) is 0 Å². The van der Waals surface area contributed by atoms with Gasteiger partial charge in [0.1, 0.15) is 11.3 Å². The van der Waals surface area contributed by atoms with Gasteiger partial charge in [-0.2, -0.15) is 0 Å². The van der Waals surface area contributed by atoms with E-state index in [4.69, 9.17) is 9.97 Å². The van der Waals surface area contributed by atoms with Crippen molar-refractivity contribution in [2.24, 2.45) is 0 Å². The van der Waals surface area contributed by atoms with Gasteiger partial charge in [0.25, 0.3) is 0 Å². The molecule has 0 N–H and O–H groups in total. The second-order valence-electron chi connectivity index (χ2n) is 20.5. The number of aromatic nitrogens is 6. The zero-order chi connectivity index (χ0) is 52.7. The third-order valence-corrected chi connectivity index (χ3v) is 16.1. The summed E-state index contributed by atoms with van der Waals surface area (Å²) in [5.74, 6) is 0. The molecule has 6 nitrogen and oxygen atoms in total. The van der Waals surface area contributed by atoms with Crippen LogP contribution in [0.5, 0.6) is 0 Å². The molecule has 0 saturated heterocycles. The lowest BCUT2D eigenvalue weighted by Gasteiger charge is -2.11. The molecule has 0 atom stereocenters. The summed E-state index contributed by atoms with van der Waals surface area (Å²) < 4.78 is 9.35. The summed E-state index contributed by atoms with van der Waals surface area (Å²) in [6.45, 7) is 0. The van der Waals surface area contributed by atoms with E-state index >= 15 is 0 Å². The topological polar surface area (TPSA) is 45.5 Å². The van der Waals surface area contributed by atoms with Crippen LogP contribution in [0.15, 0.2) is 291 Å². The summed E-state index contributed by atoms with van der Waals surface area (Å²) in [5.41, 5.74) is 18.4. The first-order valence-electron chi connectivity index (χ1n) is 27.2. The highest BCUT2D eigenvalue weighted by Crippen LogP contribution is 2.45. The van der Waals surface area contributed by atoms with Crippen molar-refractivity contribution < 1.29 is 0 Å². The Kier molecular flexibility index (Phi) is 10.5. The lowest BCUT2D eigenvalue weighted by Crippen LogP contribution is -1.95. The molecule has 0 aliphatic heterocycles. The van der Waals surface area contributed by atoms with E-state index in [0.717, 1.165) is 45.1 Å². The molecule has 0 aliphatic rings. The van der Waals surface area contributed by atoms with Crippen molar-refractivity contribution in [3.8, 4) is 45.0 Å². The van der Waals surface area contributed by atoms with E-state index in [0.29, 0.717) is 0 Å². The Bertz CT molecular complexity index is 5080. The van der Waals surface area contributed by atoms with Gasteiger partial charge in [-0.15, -0.1) is 0 Å². The van der Waals surface area contributed by atoms with Gasteiger partial charge in [0, 0.05) is 78.2 Å². The van der Waals surface area contributed by atoms with Crippen molar-refractivity contribution in [3.05, 3.63) is 291 Å². The van der Waals surface area contributed by atoms with Crippen molar-refractivity contribution in [1.82, 2.24) is 28.2 Å². The van der Waals surface area contributed by atoms with Crippen molar-refractivity contribution in [3.63, 3.8) is 0 Å². The molecule has 17 rings (SSSR count). The predicted molar refractivity (Wildman–Crippen MR) is 334 cm³/mol. The number of benzene rings is 11. The van der Waals surface area contributed by atoms with Crippen molar-refractivity contribution in [2.75, 3.05) is 0 Å². The fraction of sp³-hybridized carbons (Fsp3) is 0. The molecule has 0 fully saturated rings. The first kappa shape index (κ1) is 45.4. The zero-order valence-electron chi connectivity index (χ0n) is 43.4. The summed E-state index contributed by atoms with van der Waals surface area (Å²) in [7, 11) is 0. The molecule has 0 bridgehead atoms. The summed E-state index contributed by atoms with van der Waals surface area (Å²) >= 11 is 0. The maximum atomic E-state index is 4.96. The van der Waals surface area contributed by atoms with E-state index < -0.39 is 0 Å². The molecule has 6 aromatic heterocycles. The number of fused-ring (bicyclic) bond motifs is 13. The van der Waals surface area contributed by atoms with Gasteiger partial charge < -0.3 is 9.13 Å². The van der Waals surface area contributed by atoms with Crippen LogP contribution in [0.3, 0.4) is 0 Å². The van der Waals surface area contributed by atoms with Gasteiger partial charge in [-0.25, -0.2) is 9.97 Å². The molecule has 17 aromatic rings. The van der Waals surface area contributed by atoms with E-state index in [2.05, 4.69) is 297 Å². The van der Waals surface area contributed by atoms with Crippen LogP contribution in [-0.4, -0.2) is 28.2 Å². The number of rotatable bonds is 6. The van der Waals surface area contributed by atoms with Crippen LogP contribution >= 0.6 is 0 Å². The van der Waals surface area contributed by atoms with E-state index in [1.165, 1.54) is 98.2 Å². The van der Waals surface area contributed by atoms with Crippen molar-refractivity contribution >= 4 is 98.3 Å². The fourth-order valence-electron chi connectivity index (χ4n) is 12.8. The molecule has 0 unspecified atom stereocenters.